The normalized spacial score (nSPS) is 10.7. The average Bonchev–Trinajstić information content (AvgIpc) is 2.19. The van der Waals surface area contributed by atoms with Crippen molar-refractivity contribution >= 4 is 12.0 Å². The molecule has 0 fully saturated rings. The molecule has 5 nitrogen and oxygen atoms in total. The van der Waals surface area contributed by atoms with Crippen LogP contribution in [0, 0.1) is 11.3 Å². The highest BCUT2D eigenvalue weighted by molar-refractivity contribution is 6.00. The van der Waals surface area contributed by atoms with Crippen LogP contribution in [-0.2, 0) is 4.79 Å². The zero-order chi connectivity index (χ0) is 11.4. The van der Waals surface area contributed by atoms with Crippen molar-refractivity contribution in [3.8, 4) is 17.6 Å². The van der Waals surface area contributed by atoms with E-state index in [1.807, 2.05) is 0 Å². The number of phenols is 2. The van der Waals surface area contributed by atoms with Crippen molar-refractivity contribution in [3.63, 3.8) is 0 Å². The number of hydrogen-bond donors (Lipinski definition) is 3. The number of hydrogen-bond acceptors (Lipinski definition) is 4. The number of carbonyl (C=O) groups is 1. The minimum absolute atomic E-state index is 0.158. The maximum absolute atomic E-state index is 10.7. The summed E-state index contributed by atoms with van der Waals surface area (Å²) in [6.45, 7) is 0. The Balaban J connectivity index is 3.25. The zero-order valence-corrected chi connectivity index (χ0v) is 7.64. The van der Waals surface area contributed by atoms with E-state index in [0.717, 1.165) is 6.08 Å². The van der Waals surface area contributed by atoms with Gasteiger partial charge in [-0.2, -0.15) is 5.26 Å². The molecule has 76 valence electrons. The third-order valence-corrected chi connectivity index (χ3v) is 1.73. The van der Waals surface area contributed by atoms with Crippen molar-refractivity contribution in [2.75, 3.05) is 0 Å². The van der Waals surface area contributed by atoms with Gasteiger partial charge in [-0.3, -0.25) is 4.79 Å². The number of para-hydroxylation sites is 1. The van der Waals surface area contributed by atoms with Crippen molar-refractivity contribution < 1.29 is 15.0 Å². The molecular weight excluding hydrogens is 196 g/mol. The lowest BCUT2D eigenvalue weighted by atomic mass is 10.1. The number of primary amides is 1. The second kappa shape index (κ2) is 4.15. The fourth-order valence-corrected chi connectivity index (χ4v) is 0.979. The Morgan fingerprint density at radius 1 is 1.47 bits per heavy atom. The van der Waals surface area contributed by atoms with Gasteiger partial charge in [-0.15, -0.1) is 0 Å². The lowest BCUT2D eigenvalue weighted by Crippen LogP contribution is -2.12. The Kier molecular flexibility index (Phi) is 2.94. The van der Waals surface area contributed by atoms with Gasteiger partial charge < -0.3 is 15.9 Å². The van der Waals surface area contributed by atoms with Crippen molar-refractivity contribution in [2.24, 2.45) is 5.73 Å². The topological polar surface area (TPSA) is 107 Å². The molecule has 0 radical (unpaired) electrons. The third kappa shape index (κ3) is 2.25. The molecular formula is C10H8N2O3. The van der Waals surface area contributed by atoms with Crippen molar-refractivity contribution in [2.45, 2.75) is 0 Å². The number of aromatic hydroxyl groups is 2. The first-order valence-corrected chi connectivity index (χ1v) is 3.98. The summed E-state index contributed by atoms with van der Waals surface area (Å²) in [4.78, 5) is 10.7. The number of phenolic OH excluding ortho intramolecular Hbond substituents is 2. The minimum Gasteiger partial charge on any atom is -0.504 e. The molecule has 15 heavy (non-hydrogen) atoms. The molecule has 1 aromatic rings. The lowest BCUT2D eigenvalue weighted by molar-refractivity contribution is -0.114. The summed E-state index contributed by atoms with van der Waals surface area (Å²) >= 11 is 0. The minimum atomic E-state index is -0.889. The second-order valence-corrected chi connectivity index (χ2v) is 2.75. The quantitative estimate of drug-likeness (QED) is 0.370. The number of rotatable bonds is 2. The van der Waals surface area contributed by atoms with Crippen LogP contribution in [0.1, 0.15) is 5.56 Å². The standard InChI is InChI=1S/C10H8N2O3/c11-5-7(10(12)15)4-6-2-1-3-8(13)9(6)14/h1-4,13-14H,(H2,12,15)/b7-4+. The molecule has 0 spiro atoms. The maximum atomic E-state index is 10.7. The molecule has 5 heteroatoms. The summed E-state index contributed by atoms with van der Waals surface area (Å²) in [5.74, 6) is -1.61. The van der Waals surface area contributed by atoms with Crippen LogP contribution in [-0.4, -0.2) is 16.1 Å². The van der Waals surface area contributed by atoms with Gasteiger partial charge in [-0.25, -0.2) is 0 Å². The number of carbonyl (C=O) groups excluding carboxylic acids is 1. The van der Waals surface area contributed by atoms with Gasteiger partial charge in [0.05, 0.1) is 0 Å². The van der Waals surface area contributed by atoms with E-state index in [4.69, 9.17) is 16.1 Å². The van der Waals surface area contributed by atoms with Crippen molar-refractivity contribution in [1.29, 1.82) is 5.26 Å². The smallest absolute Gasteiger partial charge is 0.259 e. The van der Waals surface area contributed by atoms with Crippen LogP contribution in [0.3, 0.4) is 0 Å². The summed E-state index contributed by atoms with van der Waals surface area (Å²) in [7, 11) is 0. The number of nitriles is 1. The van der Waals surface area contributed by atoms with Gasteiger partial charge in [-0.05, 0) is 12.1 Å². The lowest BCUT2D eigenvalue weighted by Gasteiger charge is -2.01. The van der Waals surface area contributed by atoms with E-state index in [9.17, 15) is 9.90 Å². The van der Waals surface area contributed by atoms with Gasteiger partial charge in [0.15, 0.2) is 11.5 Å². The molecule has 4 N–H and O–H groups in total. The molecule has 1 aromatic carbocycles. The first-order valence-electron chi connectivity index (χ1n) is 3.98. The molecule has 1 rings (SSSR count). The van der Waals surface area contributed by atoms with Crippen molar-refractivity contribution in [3.05, 3.63) is 29.3 Å². The predicted molar refractivity (Wildman–Crippen MR) is 52.6 cm³/mol. The fourth-order valence-electron chi connectivity index (χ4n) is 0.979. The SMILES string of the molecule is N#C/C(=C\c1cccc(O)c1O)C(N)=O. The zero-order valence-electron chi connectivity index (χ0n) is 7.64. The highest BCUT2D eigenvalue weighted by Crippen LogP contribution is 2.29. The van der Waals surface area contributed by atoms with E-state index in [1.54, 1.807) is 6.07 Å². The first-order chi connectivity index (χ1) is 7.06. The van der Waals surface area contributed by atoms with Gasteiger partial charge >= 0.3 is 0 Å². The van der Waals surface area contributed by atoms with E-state index in [-0.39, 0.29) is 16.9 Å². The summed E-state index contributed by atoms with van der Waals surface area (Å²) in [6.07, 6.45) is 1.11. The van der Waals surface area contributed by atoms with Gasteiger partial charge in [0.2, 0.25) is 0 Å². The van der Waals surface area contributed by atoms with Gasteiger partial charge in [0, 0.05) is 5.56 Å². The fraction of sp³-hybridized carbons (Fsp3) is 0. The molecule has 0 unspecified atom stereocenters. The summed E-state index contributed by atoms with van der Waals surface area (Å²) < 4.78 is 0. The molecule has 0 heterocycles. The van der Waals surface area contributed by atoms with Gasteiger partial charge in [-0.1, -0.05) is 12.1 Å². The van der Waals surface area contributed by atoms with Crippen LogP contribution >= 0.6 is 0 Å². The predicted octanol–water partition coefficient (Wildman–Crippen LogP) is 0.490. The summed E-state index contributed by atoms with van der Waals surface area (Å²) in [5.41, 5.74) is 4.77. The van der Waals surface area contributed by atoms with Crippen LogP contribution in [0.4, 0.5) is 0 Å². The molecule has 0 aromatic heterocycles. The molecule has 1 amide bonds. The Bertz CT molecular complexity index is 472. The number of nitrogens with two attached hydrogens (primary N) is 1. The molecule has 0 bridgehead atoms. The Labute approximate surface area is 85.7 Å². The molecule has 0 atom stereocenters. The third-order valence-electron chi connectivity index (χ3n) is 1.73. The van der Waals surface area contributed by atoms with Crippen LogP contribution < -0.4 is 5.73 Å². The van der Waals surface area contributed by atoms with Crippen LogP contribution in [0.5, 0.6) is 11.5 Å². The van der Waals surface area contributed by atoms with E-state index in [0.29, 0.717) is 0 Å². The Morgan fingerprint density at radius 2 is 2.13 bits per heavy atom. The highest BCUT2D eigenvalue weighted by atomic mass is 16.3. The monoisotopic (exact) mass is 204 g/mol. The Morgan fingerprint density at radius 3 is 2.67 bits per heavy atom. The van der Waals surface area contributed by atoms with Gasteiger partial charge in [0.25, 0.3) is 5.91 Å². The van der Waals surface area contributed by atoms with Crippen LogP contribution in [0.25, 0.3) is 6.08 Å². The van der Waals surface area contributed by atoms with E-state index < -0.39 is 11.7 Å². The summed E-state index contributed by atoms with van der Waals surface area (Å²) in [6, 6.07) is 5.78. The largest absolute Gasteiger partial charge is 0.504 e. The molecule has 0 aliphatic carbocycles. The van der Waals surface area contributed by atoms with E-state index in [2.05, 4.69) is 0 Å². The summed E-state index contributed by atoms with van der Waals surface area (Å²) in [5, 5.41) is 27.1. The Hall–Kier alpha value is -2.48. The van der Waals surface area contributed by atoms with Crippen LogP contribution in [0.15, 0.2) is 23.8 Å². The molecule has 0 saturated heterocycles. The van der Waals surface area contributed by atoms with E-state index in [1.165, 1.54) is 18.2 Å². The van der Waals surface area contributed by atoms with Crippen molar-refractivity contribution in [1.82, 2.24) is 0 Å². The number of benzene rings is 1. The molecule has 0 saturated carbocycles. The maximum Gasteiger partial charge on any atom is 0.259 e. The second-order valence-electron chi connectivity index (χ2n) is 2.75. The average molecular weight is 204 g/mol. The van der Waals surface area contributed by atoms with Gasteiger partial charge in [0.1, 0.15) is 11.6 Å². The van der Waals surface area contributed by atoms with Crippen LogP contribution in [0.2, 0.25) is 0 Å². The first kappa shape index (κ1) is 10.6. The highest BCUT2D eigenvalue weighted by Gasteiger charge is 2.07. The number of nitrogens with zero attached hydrogens (tertiary/aromatic N) is 1. The molecule has 0 aliphatic heterocycles. The molecule has 0 aliphatic rings. The number of amides is 1. The van der Waals surface area contributed by atoms with E-state index >= 15 is 0 Å².